The van der Waals surface area contributed by atoms with Gasteiger partial charge in [0.2, 0.25) is 5.91 Å². The van der Waals surface area contributed by atoms with Gasteiger partial charge in [-0.05, 0) is 18.2 Å². The molecule has 1 aromatic carbocycles. The molecular weight excluding hydrogens is 254 g/mol. The fourth-order valence-electron chi connectivity index (χ4n) is 2.64. The van der Waals surface area contributed by atoms with Crippen molar-refractivity contribution in [2.75, 3.05) is 31.1 Å². The molecule has 1 aromatic heterocycles. The highest BCUT2D eigenvalue weighted by molar-refractivity contribution is 5.82. The lowest BCUT2D eigenvalue weighted by molar-refractivity contribution is -0.129. The first kappa shape index (κ1) is 12.7. The number of carbonyl (C=O) groups excluding carboxylic acids is 1. The minimum atomic E-state index is 0.0340. The topological polar surface area (TPSA) is 56.4 Å². The van der Waals surface area contributed by atoms with E-state index in [1.165, 1.54) is 6.07 Å². The van der Waals surface area contributed by atoms with Crippen LogP contribution in [0.2, 0.25) is 0 Å². The van der Waals surface area contributed by atoms with Gasteiger partial charge in [-0.3, -0.25) is 9.59 Å². The Balaban J connectivity index is 1.85. The molecule has 0 saturated carbocycles. The van der Waals surface area contributed by atoms with Crippen LogP contribution in [0.15, 0.2) is 35.3 Å². The van der Waals surface area contributed by atoms with Gasteiger partial charge in [-0.2, -0.15) is 0 Å². The molecule has 20 heavy (non-hydrogen) atoms. The number of H-pyrrole nitrogens is 1. The van der Waals surface area contributed by atoms with Crippen molar-refractivity contribution in [2.45, 2.75) is 6.92 Å². The van der Waals surface area contributed by atoms with Crippen LogP contribution in [0.4, 0.5) is 5.69 Å². The van der Waals surface area contributed by atoms with E-state index in [2.05, 4.69) is 9.88 Å². The molecule has 1 amide bonds. The SMILES string of the molecule is CC(=O)N1CCN(c2ccc3c(=O)cc[nH]c3c2)CC1. The number of amides is 1. The van der Waals surface area contributed by atoms with E-state index in [9.17, 15) is 9.59 Å². The van der Waals surface area contributed by atoms with Gasteiger partial charge < -0.3 is 14.8 Å². The Bertz CT molecular complexity index is 700. The summed E-state index contributed by atoms with van der Waals surface area (Å²) in [7, 11) is 0. The second-order valence-electron chi connectivity index (χ2n) is 5.06. The Kier molecular flexibility index (Phi) is 3.18. The number of nitrogens with zero attached hydrogens (tertiary/aromatic N) is 2. The van der Waals surface area contributed by atoms with Crippen molar-refractivity contribution in [2.24, 2.45) is 0 Å². The maximum absolute atomic E-state index is 11.7. The van der Waals surface area contributed by atoms with Gasteiger partial charge in [0.1, 0.15) is 0 Å². The highest BCUT2D eigenvalue weighted by atomic mass is 16.2. The molecule has 1 fully saturated rings. The van der Waals surface area contributed by atoms with Crippen LogP contribution < -0.4 is 10.3 Å². The number of anilines is 1. The molecule has 2 heterocycles. The Morgan fingerprint density at radius 2 is 1.90 bits per heavy atom. The number of hydrogen-bond donors (Lipinski definition) is 1. The number of benzene rings is 1. The molecule has 0 spiro atoms. The van der Waals surface area contributed by atoms with Crippen LogP contribution in [0.5, 0.6) is 0 Å². The molecule has 1 saturated heterocycles. The highest BCUT2D eigenvalue weighted by Gasteiger charge is 2.18. The summed E-state index contributed by atoms with van der Waals surface area (Å²) in [5.74, 6) is 0.132. The van der Waals surface area contributed by atoms with Gasteiger partial charge in [0.05, 0.1) is 5.52 Å². The van der Waals surface area contributed by atoms with Crippen LogP contribution in [0.1, 0.15) is 6.92 Å². The summed E-state index contributed by atoms with van der Waals surface area (Å²) in [6.07, 6.45) is 1.67. The number of carbonyl (C=O) groups is 1. The van der Waals surface area contributed by atoms with Gasteiger partial charge in [0.15, 0.2) is 5.43 Å². The second-order valence-corrected chi connectivity index (χ2v) is 5.06. The van der Waals surface area contributed by atoms with Gasteiger partial charge in [-0.15, -0.1) is 0 Å². The Labute approximate surface area is 116 Å². The van der Waals surface area contributed by atoms with Crippen molar-refractivity contribution >= 4 is 22.5 Å². The van der Waals surface area contributed by atoms with Crippen LogP contribution in [0.3, 0.4) is 0 Å². The van der Waals surface area contributed by atoms with Crippen molar-refractivity contribution in [3.8, 4) is 0 Å². The molecule has 0 atom stereocenters. The lowest BCUT2D eigenvalue weighted by atomic mass is 10.1. The maximum atomic E-state index is 11.7. The number of hydrogen-bond acceptors (Lipinski definition) is 3. The predicted octanol–water partition coefficient (Wildman–Crippen LogP) is 1.20. The van der Waals surface area contributed by atoms with E-state index < -0.39 is 0 Å². The highest BCUT2D eigenvalue weighted by Crippen LogP contribution is 2.20. The van der Waals surface area contributed by atoms with Crippen LogP contribution in [-0.4, -0.2) is 42.0 Å². The summed E-state index contributed by atoms with van der Waals surface area (Å²) in [5.41, 5.74) is 1.97. The average molecular weight is 271 g/mol. The van der Waals surface area contributed by atoms with E-state index in [1.807, 2.05) is 23.1 Å². The number of piperazine rings is 1. The molecule has 0 bridgehead atoms. The van der Waals surface area contributed by atoms with E-state index in [4.69, 9.17) is 0 Å². The number of rotatable bonds is 1. The zero-order valence-electron chi connectivity index (χ0n) is 11.4. The van der Waals surface area contributed by atoms with Gasteiger partial charge >= 0.3 is 0 Å². The monoisotopic (exact) mass is 271 g/mol. The van der Waals surface area contributed by atoms with Crippen molar-refractivity contribution in [3.05, 3.63) is 40.7 Å². The molecule has 3 rings (SSSR count). The predicted molar refractivity (Wildman–Crippen MR) is 79.0 cm³/mol. The summed E-state index contributed by atoms with van der Waals surface area (Å²) in [4.78, 5) is 30.2. The van der Waals surface area contributed by atoms with Crippen LogP contribution in [-0.2, 0) is 4.79 Å². The zero-order valence-corrected chi connectivity index (χ0v) is 11.4. The van der Waals surface area contributed by atoms with E-state index in [0.717, 1.165) is 37.4 Å². The van der Waals surface area contributed by atoms with Crippen LogP contribution >= 0.6 is 0 Å². The molecule has 2 aromatic rings. The van der Waals surface area contributed by atoms with Crippen LogP contribution in [0.25, 0.3) is 10.9 Å². The third kappa shape index (κ3) is 2.27. The Morgan fingerprint density at radius 3 is 2.60 bits per heavy atom. The molecule has 0 radical (unpaired) electrons. The zero-order chi connectivity index (χ0) is 14.1. The smallest absolute Gasteiger partial charge is 0.219 e. The summed E-state index contributed by atoms with van der Waals surface area (Å²) in [5, 5.41) is 0.707. The molecule has 0 aliphatic carbocycles. The fourth-order valence-corrected chi connectivity index (χ4v) is 2.64. The number of aromatic nitrogens is 1. The lowest BCUT2D eigenvalue weighted by Gasteiger charge is -2.35. The van der Waals surface area contributed by atoms with Crippen molar-refractivity contribution < 1.29 is 4.79 Å². The third-order valence-electron chi connectivity index (χ3n) is 3.83. The van der Waals surface area contributed by atoms with E-state index in [0.29, 0.717) is 5.39 Å². The number of fused-ring (bicyclic) bond motifs is 1. The molecule has 0 unspecified atom stereocenters. The quantitative estimate of drug-likeness (QED) is 0.848. The standard InChI is InChI=1S/C15H17N3O2/c1-11(19)17-6-8-18(9-7-17)12-2-3-13-14(10-12)16-5-4-15(13)20/h2-5,10H,6-9H2,1H3,(H,16,20). The van der Waals surface area contributed by atoms with Gasteiger partial charge in [-0.1, -0.05) is 0 Å². The third-order valence-corrected chi connectivity index (χ3v) is 3.83. The minimum Gasteiger partial charge on any atom is -0.368 e. The molecule has 5 nitrogen and oxygen atoms in total. The average Bonchev–Trinajstić information content (AvgIpc) is 2.47. The molecule has 1 N–H and O–H groups in total. The van der Waals surface area contributed by atoms with Crippen molar-refractivity contribution in [3.63, 3.8) is 0 Å². The maximum Gasteiger partial charge on any atom is 0.219 e. The summed E-state index contributed by atoms with van der Waals surface area (Å²) >= 11 is 0. The summed E-state index contributed by atoms with van der Waals surface area (Å²) in [6.45, 7) is 4.75. The number of nitrogens with one attached hydrogen (secondary N) is 1. The van der Waals surface area contributed by atoms with Gasteiger partial charge in [0.25, 0.3) is 0 Å². The van der Waals surface area contributed by atoms with E-state index in [1.54, 1.807) is 13.1 Å². The molecular formula is C15H17N3O2. The second kappa shape index (κ2) is 5.00. The van der Waals surface area contributed by atoms with Gasteiger partial charge in [-0.25, -0.2) is 0 Å². The fraction of sp³-hybridized carbons (Fsp3) is 0.333. The number of aromatic amines is 1. The molecule has 1 aliphatic rings. The van der Waals surface area contributed by atoms with Crippen LogP contribution in [0, 0.1) is 0 Å². The first-order valence-electron chi connectivity index (χ1n) is 6.77. The van der Waals surface area contributed by atoms with Crippen molar-refractivity contribution in [1.29, 1.82) is 0 Å². The summed E-state index contributed by atoms with van der Waals surface area (Å²) < 4.78 is 0. The molecule has 104 valence electrons. The normalized spacial score (nSPS) is 15.7. The first-order valence-corrected chi connectivity index (χ1v) is 6.77. The first-order chi connectivity index (χ1) is 9.65. The minimum absolute atomic E-state index is 0.0340. The number of pyridine rings is 1. The Morgan fingerprint density at radius 1 is 1.15 bits per heavy atom. The molecule has 1 aliphatic heterocycles. The molecule has 5 heteroatoms. The van der Waals surface area contributed by atoms with E-state index >= 15 is 0 Å². The largest absolute Gasteiger partial charge is 0.368 e. The van der Waals surface area contributed by atoms with Gasteiger partial charge in [0, 0.05) is 56.4 Å². The Hall–Kier alpha value is -2.30. The van der Waals surface area contributed by atoms with E-state index in [-0.39, 0.29) is 11.3 Å². The lowest BCUT2D eigenvalue weighted by Crippen LogP contribution is -2.48. The summed E-state index contributed by atoms with van der Waals surface area (Å²) in [6, 6.07) is 7.37. The van der Waals surface area contributed by atoms with Crippen molar-refractivity contribution in [1.82, 2.24) is 9.88 Å².